The van der Waals surface area contributed by atoms with Crippen molar-refractivity contribution in [3.05, 3.63) is 29.2 Å². The van der Waals surface area contributed by atoms with Crippen LogP contribution >= 0.6 is 11.3 Å². The predicted octanol–water partition coefficient (Wildman–Crippen LogP) is -0.519. The lowest BCUT2D eigenvalue weighted by Gasteiger charge is -2.21. The first kappa shape index (κ1) is 18.1. The highest BCUT2D eigenvalue weighted by Gasteiger charge is 2.26. The fourth-order valence-electron chi connectivity index (χ4n) is 2.38. The molecular formula is C15H20N4O4S. The number of nitrogens with one attached hydrogen (secondary N) is 1. The molecule has 1 aliphatic heterocycles. The van der Waals surface area contributed by atoms with Gasteiger partial charge in [0, 0.05) is 38.0 Å². The smallest absolute Gasteiger partial charge is 0.271 e. The van der Waals surface area contributed by atoms with Gasteiger partial charge in [-0.1, -0.05) is 6.08 Å². The third-order valence-corrected chi connectivity index (χ3v) is 4.18. The van der Waals surface area contributed by atoms with Gasteiger partial charge in [-0.25, -0.2) is 4.98 Å². The van der Waals surface area contributed by atoms with Gasteiger partial charge in [-0.2, -0.15) is 0 Å². The molecule has 0 aliphatic carbocycles. The lowest BCUT2D eigenvalue weighted by atomic mass is 10.3. The Labute approximate surface area is 143 Å². The number of thiazole rings is 1. The van der Waals surface area contributed by atoms with E-state index < -0.39 is 12.0 Å². The van der Waals surface area contributed by atoms with E-state index in [1.807, 2.05) is 0 Å². The summed E-state index contributed by atoms with van der Waals surface area (Å²) in [6.45, 7) is 4.31. The Hall–Kier alpha value is -2.26. The molecule has 1 fully saturated rings. The van der Waals surface area contributed by atoms with Gasteiger partial charge in [0.15, 0.2) is 0 Å². The Bertz CT molecular complexity index is 605. The van der Waals surface area contributed by atoms with Crippen molar-refractivity contribution < 1.29 is 19.5 Å². The summed E-state index contributed by atoms with van der Waals surface area (Å²) < 4.78 is 0. The van der Waals surface area contributed by atoms with Gasteiger partial charge in [0.1, 0.15) is 5.69 Å². The topological polar surface area (TPSA) is 103 Å². The zero-order valence-electron chi connectivity index (χ0n) is 13.2. The highest BCUT2D eigenvalue weighted by molar-refractivity contribution is 7.07. The second-order valence-corrected chi connectivity index (χ2v) is 6.10. The van der Waals surface area contributed by atoms with Crippen molar-refractivity contribution in [1.29, 1.82) is 0 Å². The van der Waals surface area contributed by atoms with Crippen LogP contribution in [0.5, 0.6) is 0 Å². The van der Waals surface area contributed by atoms with Crippen molar-refractivity contribution in [2.24, 2.45) is 0 Å². The number of nitrogens with zero attached hydrogens (tertiary/aromatic N) is 3. The maximum Gasteiger partial charge on any atom is 0.271 e. The molecule has 0 aromatic carbocycles. The van der Waals surface area contributed by atoms with E-state index in [1.54, 1.807) is 5.38 Å². The molecule has 0 spiro atoms. The fraction of sp³-hybridized carbons (Fsp3) is 0.467. The third kappa shape index (κ3) is 4.87. The van der Waals surface area contributed by atoms with Crippen molar-refractivity contribution in [3.63, 3.8) is 0 Å². The van der Waals surface area contributed by atoms with E-state index in [9.17, 15) is 19.5 Å². The van der Waals surface area contributed by atoms with E-state index in [0.29, 0.717) is 13.1 Å². The Morgan fingerprint density at radius 3 is 2.58 bits per heavy atom. The van der Waals surface area contributed by atoms with E-state index >= 15 is 0 Å². The summed E-state index contributed by atoms with van der Waals surface area (Å²) in [5, 5.41) is 14.1. The molecule has 0 radical (unpaired) electrons. The van der Waals surface area contributed by atoms with Crippen LogP contribution in [0.4, 0.5) is 0 Å². The molecule has 9 heteroatoms. The van der Waals surface area contributed by atoms with Crippen LogP contribution in [0.25, 0.3) is 0 Å². The number of aliphatic hydroxyl groups is 1. The fourth-order valence-corrected chi connectivity index (χ4v) is 2.91. The minimum Gasteiger partial charge on any atom is -0.389 e. The van der Waals surface area contributed by atoms with Gasteiger partial charge in [-0.05, 0) is 0 Å². The monoisotopic (exact) mass is 352 g/mol. The highest BCUT2D eigenvalue weighted by Crippen LogP contribution is 2.07. The Morgan fingerprint density at radius 2 is 2.00 bits per heavy atom. The Morgan fingerprint density at radius 1 is 1.33 bits per heavy atom. The predicted molar refractivity (Wildman–Crippen MR) is 88.4 cm³/mol. The summed E-state index contributed by atoms with van der Waals surface area (Å²) in [7, 11) is 0. The number of carbonyl (C=O) groups excluding carboxylic acids is 3. The largest absolute Gasteiger partial charge is 0.389 e. The summed E-state index contributed by atoms with van der Waals surface area (Å²) in [6, 6.07) is 0. The number of rotatable bonds is 5. The molecular weight excluding hydrogens is 332 g/mol. The van der Waals surface area contributed by atoms with Crippen molar-refractivity contribution in [2.75, 3.05) is 32.7 Å². The van der Waals surface area contributed by atoms with Crippen molar-refractivity contribution in [2.45, 2.75) is 12.5 Å². The van der Waals surface area contributed by atoms with Crippen LogP contribution in [0, 0.1) is 0 Å². The van der Waals surface area contributed by atoms with E-state index in [4.69, 9.17) is 0 Å². The maximum atomic E-state index is 12.2. The van der Waals surface area contributed by atoms with Crippen LogP contribution in [0.3, 0.4) is 0 Å². The number of carbonyl (C=O) groups is 3. The summed E-state index contributed by atoms with van der Waals surface area (Å²) in [5.74, 6) is -0.853. The number of hydrogen-bond acceptors (Lipinski definition) is 6. The summed E-state index contributed by atoms with van der Waals surface area (Å²) in [5.41, 5.74) is 1.81. The minimum atomic E-state index is -0.820. The van der Waals surface area contributed by atoms with Gasteiger partial charge in [0.2, 0.25) is 11.8 Å². The average molecular weight is 352 g/mol. The number of β-amino-alcohol motifs (C(OH)–C–C–N with tert-alkyl or cyclic N) is 1. The van der Waals surface area contributed by atoms with Crippen molar-refractivity contribution >= 4 is 29.1 Å². The molecule has 1 saturated heterocycles. The van der Waals surface area contributed by atoms with Gasteiger partial charge in [-0.3, -0.25) is 14.4 Å². The standard InChI is InChI=1S/C15H20N4O4S/c1-2-3-13(21)18-4-5-19(8-11(20)7-18)14(22)6-16-15(23)12-9-24-10-17-12/h2,9-11,20H,1,3-8H2,(H,16,23). The van der Waals surface area contributed by atoms with E-state index in [1.165, 1.54) is 32.7 Å². The zero-order valence-corrected chi connectivity index (χ0v) is 14.0. The first-order valence-corrected chi connectivity index (χ1v) is 8.46. The Balaban J connectivity index is 1.87. The molecule has 2 heterocycles. The molecule has 2 N–H and O–H groups in total. The number of aromatic nitrogens is 1. The van der Waals surface area contributed by atoms with Crippen molar-refractivity contribution in [3.8, 4) is 0 Å². The molecule has 1 aromatic rings. The van der Waals surface area contributed by atoms with Crippen LogP contribution in [0.2, 0.25) is 0 Å². The number of aliphatic hydroxyl groups excluding tert-OH is 1. The van der Waals surface area contributed by atoms with E-state index in [2.05, 4.69) is 16.9 Å². The summed E-state index contributed by atoms with van der Waals surface area (Å²) in [4.78, 5) is 42.8. The SMILES string of the molecule is C=CCC(=O)N1CCN(C(=O)CNC(=O)c2cscn2)CC(O)C1. The first-order chi connectivity index (χ1) is 11.5. The normalized spacial score (nSPS) is 18.0. The second-order valence-electron chi connectivity index (χ2n) is 5.38. The molecule has 1 atom stereocenters. The van der Waals surface area contributed by atoms with Crippen LogP contribution in [-0.2, 0) is 9.59 Å². The molecule has 130 valence electrons. The van der Waals surface area contributed by atoms with Gasteiger partial charge < -0.3 is 20.2 Å². The molecule has 3 amide bonds. The highest BCUT2D eigenvalue weighted by atomic mass is 32.1. The van der Waals surface area contributed by atoms with Crippen LogP contribution in [-0.4, -0.2) is 76.4 Å². The third-order valence-electron chi connectivity index (χ3n) is 3.59. The lowest BCUT2D eigenvalue weighted by Crippen LogP contribution is -2.43. The van der Waals surface area contributed by atoms with E-state index in [0.717, 1.165) is 0 Å². The number of hydrogen-bond donors (Lipinski definition) is 2. The van der Waals surface area contributed by atoms with E-state index in [-0.39, 0.29) is 43.6 Å². The molecule has 0 saturated carbocycles. The van der Waals surface area contributed by atoms with Gasteiger partial charge >= 0.3 is 0 Å². The average Bonchev–Trinajstić information content (AvgIpc) is 3.02. The van der Waals surface area contributed by atoms with Crippen LogP contribution in [0.1, 0.15) is 16.9 Å². The first-order valence-electron chi connectivity index (χ1n) is 7.52. The second kappa shape index (κ2) is 8.55. The van der Waals surface area contributed by atoms with Crippen LogP contribution in [0.15, 0.2) is 23.5 Å². The zero-order chi connectivity index (χ0) is 17.5. The quantitative estimate of drug-likeness (QED) is 0.694. The molecule has 24 heavy (non-hydrogen) atoms. The summed E-state index contributed by atoms with van der Waals surface area (Å²) >= 11 is 1.30. The Kier molecular flexibility index (Phi) is 6.44. The van der Waals surface area contributed by atoms with Gasteiger partial charge in [0.05, 0.1) is 18.2 Å². The minimum absolute atomic E-state index is 0.128. The van der Waals surface area contributed by atoms with Gasteiger partial charge in [-0.15, -0.1) is 17.9 Å². The van der Waals surface area contributed by atoms with Crippen LogP contribution < -0.4 is 5.32 Å². The van der Waals surface area contributed by atoms with Crippen molar-refractivity contribution in [1.82, 2.24) is 20.1 Å². The molecule has 8 nitrogen and oxygen atoms in total. The number of amides is 3. The van der Waals surface area contributed by atoms with Gasteiger partial charge in [0.25, 0.3) is 5.91 Å². The molecule has 0 bridgehead atoms. The lowest BCUT2D eigenvalue weighted by molar-refractivity contribution is -0.132. The maximum absolute atomic E-state index is 12.2. The molecule has 1 unspecified atom stereocenters. The molecule has 2 rings (SSSR count). The molecule has 1 aliphatic rings. The summed E-state index contributed by atoms with van der Waals surface area (Å²) in [6.07, 6.45) is 0.889. The molecule has 1 aromatic heterocycles.